The molecule has 98 valence electrons. The van der Waals surface area contributed by atoms with Crippen molar-refractivity contribution in [2.45, 2.75) is 65.3 Å². The third-order valence-corrected chi connectivity index (χ3v) is 5.47. The second-order valence-corrected chi connectivity index (χ2v) is 6.78. The summed E-state index contributed by atoms with van der Waals surface area (Å²) in [6.07, 6.45) is 12.6. The van der Waals surface area contributed by atoms with E-state index in [0.29, 0.717) is 11.5 Å². The van der Waals surface area contributed by atoms with Crippen molar-refractivity contribution >= 4 is 0 Å². The molecular formula is C16H29N. The summed E-state index contributed by atoms with van der Waals surface area (Å²) in [4.78, 5) is 0. The van der Waals surface area contributed by atoms with Crippen LogP contribution in [0.25, 0.3) is 0 Å². The standard InChI is InChI=1S/C16H29N/c1-4-5-6-7-8-9-12-10-13-11-14(15(12)17)16(13,2)3/h7-8,12-15H,4-6,9-11,17H2,1-3H3/b8-7+. The van der Waals surface area contributed by atoms with Gasteiger partial charge in [0.05, 0.1) is 0 Å². The lowest BCUT2D eigenvalue weighted by Gasteiger charge is -2.61. The molecule has 3 saturated carbocycles. The molecule has 3 aliphatic rings. The predicted octanol–water partition coefficient (Wildman–Crippen LogP) is 4.13. The van der Waals surface area contributed by atoms with E-state index in [1.54, 1.807) is 0 Å². The summed E-state index contributed by atoms with van der Waals surface area (Å²) in [6, 6.07) is 0.450. The Kier molecular flexibility index (Phi) is 3.97. The number of hydrogen-bond acceptors (Lipinski definition) is 1. The number of hydrogen-bond donors (Lipinski definition) is 1. The zero-order valence-corrected chi connectivity index (χ0v) is 11.8. The molecule has 3 aliphatic carbocycles. The van der Waals surface area contributed by atoms with Gasteiger partial charge < -0.3 is 5.73 Å². The summed E-state index contributed by atoms with van der Waals surface area (Å²) in [6.45, 7) is 7.08. The van der Waals surface area contributed by atoms with Crippen molar-refractivity contribution in [3.63, 3.8) is 0 Å². The number of allylic oxidation sites excluding steroid dienone is 2. The summed E-state index contributed by atoms with van der Waals surface area (Å²) in [7, 11) is 0. The zero-order chi connectivity index (χ0) is 12.5. The Hall–Kier alpha value is -0.300. The molecule has 4 unspecified atom stereocenters. The minimum absolute atomic E-state index is 0.450. The van der Waals surface area contributed by atoms with E-state index in [9.17, 15) is 0 Å². The van der Waals surface area contributed by atoms with Gasteiger partial charge in [-0.3, -0.25) is 0 Å². The Balaban J connectivity index is 1.79. The minimum Gasteiger partial charge on any atom is -0.327 e. The van der Waals surface area contributed by atoms with E-state index in [1.165, 1.54) is 38.5 Å². The van der Waals surface area contributed by atoms with Crippen LogP contribution in [0.15, 0.2) is 12.2 Å². The van der Waals surface area contributed by atoms with E-state index in [4.69, 9.17) is 5.73 Å². The first-order valence-corrected chi connectivity index (χ1v) is 7.48. The van der Waals surface area contributed by atoms with Gasteiger partial charge in [-0.2, -0.15) is 0 Å². The molecule has 3 rings (SSSR count). The van der Waals surface area contributed by atoms with E-state index < -0.39 is 0 Å². The Morgan fingerprint density at radius 2 is 2.00 bits per heavy atom. The topological polar surface area (TPSA) is 26.0 Å². The van der Waals surface area contributed by atoms with Crippen molar-refractivity contribution in [3.05, 3.63) is 12.2 Å². The highest BCUT2D eigenvalue weighted by Crippen LogP contribution is 2.60. The first-order valence-electron chi connectivity index (χ1n) is 7.48. The van der Waals surface area contributed by atoms with Crippen molar-refractivity contribution < 1.29 is 0 Å². The maximum atomic E-state index is 6.44. The van der Waals surface area contributed by atoms with Crippen molar-refractivity contribution in [2.24, 2.45) is 28.9 Å². The molecule has 4 atom stereocenters. The van der Waals surface area contributed by atoms with Crippen LogP contribution in [0.4, 0.5) is 0 Å². The summed E-state index contributed by atoms with van der Waals surface area (Å²) in [5.41, 5.74) is 6.97. The summed E-state index contributed by atoms with van der Waals surface area (Å²) < 4.78 is 0. The molecule has 0 amide bonds. The second kappa shape index (κ2) is 5.14. The Bertz CT molecular complexity index is 279. The average Bonchev–Trinajstić information content (AvgIpc) is 2.30. The van der Waals surface area contributed by atoms with Gasteiger partial charge in [-0.25, -0.2) is 0 Å². The second-order valence-electron chi connectivity index (χ2n) is 6.78. The number of nitrogens with two attached hydrogens (primary N) is 1. The third kappa shape index (κ3) is 2.45. The van der Waals surface area contributed by atoms with Gasteiger partial charge in [0.2, 0.25) is 0 Å². The highest BCUT2D eigenvalue weighted by atomic mass is 14.8. The molecular weight excluding hydrogens is 206 g/mol. The van der Waals surface area contributed by atoms with Crippen LogP contribution in [0.1, 0.15) is 59.3 Å². The molecule has 0 aromatic carbocycles. The minimum atomic E-state index is 0.450. The molecule has 1 heteroatoms. The van der Waals surface area contributed by atoms with Gasteiger partial charge in [-0.15, -0.1) is 0 Å². The van der Waals surface area contributed by atoms with Gasteiger partial charge in [0.25, 0.3) is 0 Å². The molecule has 2 bridgehead atoms. The fourth-order valence-corrected chi connectivity index (χ4v) is 3.92. The van der Waals surface area contributed by atoms with Crippen LogP contribution < -0.4 is 5.73 Å². The van der Waals surface area contributed by atoms with E-state index >= 15 is 0 Å². The largest absolute Gasteiger partial charge is 0.327 e. The fourth-order valence-electron chi connectivity index (χ4n) is 3.92. The molecule has 0 aromatic heterocycles. The van der Waals surface area contributed by atoms with E-state index in [0.717, 1.165) is 17.8 Å². The molecule has 1 nitrogen and oxygen atoms in total. The first-order chi connectivity index (χ1) is 8.07. The van der Waals surface area contributed by atoms with E-state index in [2.05, 4.69) is 32.9 Å². The molecule has 0 spiro atoms. The van der Waals surface area contributed by atoms with Gasteiger partial charge in [-0.05, 0) is 48.9 Å². The molecule has 3 fully saturated rings. The van der Waals surface area contributed by atoms with Crippen LogP contribution in [-0.2, 0) is 0 Å². The highest BCUT2D eigenvalue weighted by molar-refractivity contribution is 5.08. The highest BCUT2D eigenvalue weighted by Gasteiger charge is 2.56. The van der Waals surface area contributed by atoms with Crippen LogP contribution >= 0.6 is 0 Å². The first kappa shape index (κ1) is 13.1. The predicted molar refractivity (Wildman–Crippen MR) is 74.7 cm³/mol. The van der Waals surface area contributed by atoms with Crippen LogP contribution in [0.2, 0.25) is 0 Å². The van der Waals surface area contributed by atoms with Gasteiger partial charge in [0, 0.05) is 6.04 Å². The maximum Gasteiger partial charge on any atom is 0.0104 e. The molecule has 0 heterocycles. The summed E-state index contributed by atoms with van der Waals surface area (Å²) in [5, 5.41) is 0. The van der Waals surface area contributed by atoms with Crippen LogP contribution in [0.5, 0.6) is 0 Å². The van der Waals surface area contributed by atoms with E-state index in [-0.39, 0.29) is 0 Å². The SMILES string of the molecule is CCCC/C=C/CC1CC2CC(C1N)C2(C)C. The van der Waals surface area contributed by atoms with Crippen LogP contribution in [-0.4, -0.2) is 6.04 Å². The zero-order valence-electron chi connectivity index (χ0n) is 11.8. The molecule has 17 heavy (non-hydrogen) atoms. The smallest absolute Gasteiger partial charge is 0.0104 e. The Labute approximate surface area is 107 Å². The molecule has 2 N–H and O–H groups in total. The van der Waals surface area contributed by atoms with Crippen LogP contribution in [0, 0.1) is 23.2 Å². The summed E-state index contributed by atoms with van der Waals surface area (Å²) in [5.74, 6) is 2.49. The van der Waals surface area contributed by atoms with Crippen LogP contribution in [0.3, 0.4) is 0 Å². The summed E-state index contributed by atoms with van der Waals surface area (Å²) >= 11 is 0. The van der Waals surface area contributed by atoms with Crippen molar-refractivity contribution in [2.75, 3.05) is 0 Å². The molecule has 0 aliphatic heterocycles. The molecule has 0 saturated heterocycles. The Morgan fingerprint density at radius 3 is 2.59 bits per heavy atom. The quantitative estimate of drug-likeness (QED) is 0.562. The average molecular weight is 235 g/mol. The number of fused-ring (bicyclic) bond motifs is 2. The number of unbranched alkanes of at least 4 members (excludes halogenated alkanes) is 2. The lowest BCUT2D eigenvalue weighted by atomic mass is 9.45. The van der Waals surface area contributed by atoms with E-state index in [1.807, 2.05) is 0 Å². The van der Waals surface area contributed by atoms with Gasteiger partial charge >= 0.3 is 0 Å². The molecule has 0 radical (unpaired) electrons. The lowest BCUT2D eigenvalue weighted by Crippen LogP contribution is -2.61. The number of rotatable bonds is 5. The Morgan fingerprint density at radius 1 is 1.24 bits per heavy atom. The van der Waals surface area contributed by atoms with Crippen molar-refractivity contribution in [1.29, 1.82) is 0 Å². The van der Waals surface area contributed by atoms with Gasteiger partial charge in [-0.1, -0.05) is 45.8 Å². The van der Waals surface area contributed by atoms with Crippen molar-refractivity contribution in [1.82, 2.24) is 0 Å². The normalized spacial score (nSPS) is 39.3. The lowest BCUT2D eigenvalue weighted by molar-refractivity contribution is -0.104. The fraction of sp³-hybridized carbons (Fsp3) is 0.875. The van der Waals surface area contributed by atoms with Gasteiger partial charge in [0.15, 0.2) is 0 Å². The third-order valence-electron chi connectivity index (χ3n) is 5.47. The molecule has 0 aromatic rings. The van der Waals surface area contributed by atoms with Gasteiger partial charge in [0.1, 0.15) is 0 Å². The van der Waals surface area contributed by atoms with Crippen molar-refractivity contribution in [3.8, 4) is 0 Å². The maximum absolute atomic E-state index is 6.44. The monoisotopic (exact) mass is 235 g/mol.